The van der Waals surface area contributed by atoms with E-state index in [4.69, 9.17) is 0 Å². The fraction of sp³-hybridized carbons (Fsp3) is 0.421. The van der Waals surface area contributed by atoms with E-state index < -0.39 is 5.41 Å². The molecule has 6 nitrogen and oxygen atoms in total. The Kier molecular flexibility index (Phi) is 4.50. The predicted molar refractivity (Wildman–Crippen MR) is 102 cm³/mol. The maximum atomic E-state index is 12.9. The number of aryl methyl sites for hydroxylation is 1. The van der Waals surface area contributed by atoms with Crippen LogP contribution in [0.3, 0.4) is 0 Å². The summed E-state index contributed by atoms with van der Waals surface area (Å²) >= 11 is 1.65. The molecular formula is C19H23N5OS. The first kappa shape index (κ1) is 17.2. The van der Waals surface area contributed by atoms with Crippen molar-refractivity contribution < 1.29 is 4.79 Å². The summed E-state index contributed by atoms with van der Waals surface area (Å²) in [5, 5.41) is 4.93. The highest BCUT2D eigenvalue weighted by molar-refractivity contribution is 7.15. The van der Waals surface area contributed by atoms with Gasteiger partial charge in [-0.2, -0.15) is 0 Å². The standard InChI is InChI=1S/C19H23N5OS/c1-14-15(24-10-11-26-18(24)22-14)12-23-9-5-7-19(13-23,17(25)20-2)16-6-3-4-8-21-16/h3-4,6,8,10-11H,5,7,9,12-13H2,1-2H3,(H,20,25). The van der Waals surface area contributed by atoms with Crippen molar-refractivity contribution >= 4 is 22.2 Å². The molecule has 3 aromatic heterocycles. The molecule has 1 aliphatic heterocycles. The van der Waals surface area contributed by atoms with Crippen LogP contribution in [0, 0.1) is 6.92 Å². The van der Waals surface area contributed by atoms with Gasteiger partial charge in [0.15, 0.2) is 4.96 Å². The molecule has 26 heavy (non-hydrogen) atoms. The molecule has 3 aromatic rings. The zero-order valence-corrected chi connectivity index (χ0v) is 15.9. The number of fused-ring (bicyclic) bond motifs is 1. The molecule has 1 fully saturated rings. The van der Waals surface area contributed by atoms with Crippen LogP contribution in [-0.2, 0) is 16.8 Å². The number of nitrogens with zero attached hydrogens (tertiary/aromatic N) is 4. The molecule has 0 radical (unpaired) electrons. The van der Waals surface area contributed by atoms with Crippen molar-refractivity contribution in [3.05, 3.63) is 53.1 Å². The topological polar surface area (TPSA) is 62.5 Å². The molecule has 4 rings (SSSR count). The van der Waals surface area contributed by atoms with Gasteiger partial charge in [0.25, 0.3) is 0 Å². The lowest BCUT2D eigenvalue weighted by molar-refractivity contribution is -0.128. The van der Waals surface area contributed by atoms with Crippen LogP contribution in [0.5, 0.6) is 0 Å². The van der Waals surface area contributed by atoms with Gasteiger partial charge in [-0.1, -0.05) is 6.07 Å². The zero-order valence-electron chi connectivity index (χ0n) is 15.1. The number of carbonyl (C=O) groups is 1. The van der Waals surface area contributed by atoms with Crippen LogP contribution < -0.4 is 5.32 Å². The van der Waals surface area contributed by atoms with Crippen molar-refractivity contribution in [2.24, 2.45) is 0 Å². The lowest BCUT2D eigenvalue weighted by Crippen LogP contribution is -2.54. The number of pyridine rings is 1. The van der Waals surface area contributed by atoms with Gasteiger partial charge in [0, 0.05) is 37.9 Å². The summed E-state index contributed by atoms with van der Waals surface area (Å²) in [6.45, 7) is 4.49. The Morgan fingerprint density at radius 2 is 2.31 bits per heavy atom. The Morgan fingerprint density at radius 3 is 3.08 bits per heavy atom. The minimum Gasteiger partial charge on any atom is -0.358 e. The van der Waals surface area contributed by atoms with Gasteiger partial charge in [0.2, 0.25) is 5.91 Å². The van der Waals surface area contributed by atoms with Crippen LogP contribution in [0.15, 0.2) is 36.0 Å². The third-order valence-electron chi connectivity index (χ3n) is 5.32. The highest BCUT2D eigenvalue weighted by atomic mass is 32.1. The maximum absolute atomic E-state index is 12.9. The molecule has 1 N–H and O–H groups in total. The molecule has 0 aliphatic carbocycles. The van der Waals surface area contributed by atoms with Gasteiger partial charge in [0.1, 0.15) is 5.41 Å². The van der Waals surface area contributed by atoms with E-state index in [1.54, 1.807) is 24.6 Å². The van der Waals surface area contributed by atoms with E-state index in [2.05, 4.69) is 43.1 Å². The smallest absolute Gasteiger partial charge is 0.233 e. The molecule has 1 unspecified atom stereocenters. The Morgan fingerprint density at radius 1 is 1.42 bits per heavy atom. The monoisotopic (exact) mass is 369 g/mol. The van der Waals surface area contributed by atoms with E-state index in [1.165, 1.54) is 5.69 Å². The number of carbonyl (C=O) groups excluding carboxylic acids is 1. The highest BCUT2D eigenvalue weighted by Crippen LogP contribution is 2.34. The number of hydrogen-bond donors (Lipinski definition) is 1. The van der Waals surface area contributed by atoms with Crippen LogP contribution >= 0.6 is 11.3 Å². The summed E-state index contributed by atoms with van der Waals surface area (Å²) in [5.41, 5.74) is 2.52. The van der Waals surface area contributed by atoms with E-state index >= 15 is 0 Å². The number of likely N-dealkylation sites (N-methyl/N-ethyl adjacent to an activating group) is 1. The number of amides is 1. The number of likely N-dealkylation sites (tertiary alicyclic amines) is 1. The van der Waals surface area contributed by atoms with E-state index in [0.29, 0.717) is 6.54 Å². The second-order valence-corrected chi connectivity index (χ2v) is 7.76. The summed E-state index contributed by atoms with van der Waals surface area (Å²) in [5.74, 6) is 0.0478. The van der Waals surface area contributed by atoms with Crippen LogP contribution in [0.1, 0.15) is 29.9 Å². The maximum Gasteiger partial charge on any atom is 0.233 e. The lowest BCUT2D eigenvalue weighted by Gasteiger charge is -2.41. The molecule has 136 valence electrons. The number of hydrogen-bond acceptors (Lipinski definition) is 5. The fourth-order valence-corrected chi connectivity index (χ4v) is 4.80. The molecule has 1 saturated heterocycles. The lowest BCUT2D eigenvalue weighted by atomic mass is 9.75. The van der Waals surface area contributed by atoms with E-state index in [1.807, 2.05) is 18.2 Å². The van der Waals surface area contributed by atoms with Crippen LogP contribution in [0.2, 0.25) is 0 Å². The van der Waals surface area contributed by atoms with Gasteiger partial charge in [-0.05, 0) is 38.4 Å². The van der Waals surface area contributed by atoms with Gasteiger partial charge in [-0.15, -0.1) is 11.3 Å². The summed E-state index contributed by atoms with van der Waals surface area (Å²) in [6.07, 6.45) is 5.63. The third kappa shape index (κ3) is 2.81. The highest BCUT2D eigenvalue weighted by Gasteiger charge is 2.44. The third-order valence-corrected chi connectivity index (χ3v) is 6.08. The van der Waals surface area contributed by atoms with Gasteiger partial charge in [-0.25, -0.2) is 4.98 Å². The first-order valence-corrected chi connectivity index (χ1v) is 9.79. The van der Waals surface area contributed by atoms with Crippen LogP contribution in [0.25, 0.3) is 4.96 Å². The SMILES string of the molecule is CNC(=O)C1(c2ccccn2)CCCN(Cc2c(C)nc3sccn23)C1. The summed E-state index contributed by atoms with van der Waals surface area (Å²) in [6, 6.07) is 5.83. The Hall–Kier alpha value is -2.25. The van der Waals surface area contributed by atoms with Gasteiger partial charge < -0.3 is 5.32 Å². The average molecular weight is 369 g/mol. The number of nitrogens with one attached hydrogen (secondary N) is 1. The van der Waals surface area contributed by atoms with Gasteiger partial charge >= 0.3 is 0 Å². The second-order valence-electron chi connectivity index (χ2n) is 6.89. The Bertz CT molecular complexity index is 919. The van der Waals surface area contributed by atoms with Crippen LogP contribution in [0.4, 0.5) is 0 Å². The molecule has 4 heterocycles. The zero-order chi connectivity index (χ0) is 18.1. The van der Waals surface area contributed by atoms with Crippen molar-refractivity contribution in [2.45, 2.75) is 31.7 Å². The minimum absolute atomic E-state index is 0.0478. The molecule has 0 bridgehead atoms. The Balaban J connectivity index is 1.66. The quantitative estimate of drug-likeness (QED) is 0.767. The number of piperidine rings is 1. The number of thiazole rings is 1. The number of aromatic nitrogens is 3. The van der Waals surface area contributed by atoms with Crippen molar-refractivity contribution in [1.29, 1.82) is 0 Å². The largest absolute Gasteiger partial charge is 0.358 e. The summed E-state index contributed by atoms with van der Waals surface area (Å²) in [4.78, 5) is 25.4. The molecule has 1 atom stereocenters. The molecule has 0 spiro atoms. The fourth-order valence-electron chi connectivity index (χ4n) is 4.02. The minimum atomic E-state index is -0.597. The normalized spacial score (nSPS) is 21.2. The summed E-state index contributed by atoms with van der Waals surface area (Å²) < 4.78 is 2.16. The van der Waals surface area contributed by atoms with E-state index in [0.717, 1.165) is 42.3 Å². The van der Waals surface area contributed by atoms with Crippen molar-refractivity contribution in [1.82, 2.24) is 24.6 Å². The predicted octanol–water partition coefficient (Wildman–Crippen LogP) is 2.38. The second kappa shape index (κ2) is 6.81. The molecule has 1 amide bonds. The molecule has 0 saturated carbocycles. The number of rotatable bonds is 4. The summed E-state index contributed by atoms with van der Waals surface area (Å²) in [7, 11) is 1.71. The average Bonchev–Trinajstić information content (AvgIpc) is 3.24. The Labute approximate surface area is 156 Å². The molecule has 1 aliphatic rings. The van der Waals surface area contributed by atoms with E-state index in [-0.39, 0.29) is 5.91 Å². The number of imidazole rings is 1. The van der Waals surface area contributed by atoms with Gasteiger partial charge in [0.05, 0.1) is 17.1 Å². The van der Waals surface area contributed by atoms with Crippen molar-refractivity contribution in [3.8, 4) is 0 Å². The van der Waals surface area contributed by atoms with Gasteiger partial charge in [-0.3, -0.25) is 19.1 Å². The first-order chi connectivity index (χ1) is 12.6. The molecular weight excluding hydrogens is 346 g/mol. The molecule has 0 aromatic carbocycles. The molecule has 7 heteroatoms. The van der Waals surface area contributed by atoms with Crippen molar-refractivity contribution in [2.75, 3.05) is 20.1 Å². The van der Waals surface area contributed by atoms with Crippen LogP contribution in [-0.4, -0.2) is 45.3 Å². The van der Waals surface area contributed by atoms with Crippen molar-refractivity contribution in [3.63, 3.8) is 0 Å². The first-order valence-electron chi connectivity index (χ1n) is 8.91. The van der Waals surface area contributed by atoms with E-state index in [9.17, 15) is 4.79 Å².